The second-order valence-corrected chi connectivity index (χ2v) is 7.68. The first-order chi connectivity index (χ1) is 14.4. The van der Waals surface area contributed by atoms with Gasteiger partial charge in [0.1, 0.15) is 5.75 Å². The second kappa shape index (κ2) is 7.88. The van der Waals surface area contributed by atoms with Crippen molar-refractivity contribution in [1.82, 2.24) is 9.88 Å². The maximum Gasteiger partial charge on any atom is 0.290 e. The molecule has 3 aromatic rings. The topological polar surface area (TPSA) is 82.6 Å². The summed E-state index contributed by atoms with van der Waals surface area (Å²) in [6, 6.07) is 12.1. The van der Waals surface area contributed by atoms with Gasteiger partial charge in [-0.25, -0.2) is 0 Å². The summed E-state index contributed by atoms with van der Waals surface area (Å²) in [6.45, 7) is 1.69. The number of aromatic nitrogens is 1. The van der Waals surface area contributed by atoms with Crippen LogP contribution in [0.5, 0.6) is 5.75 Å². The molecule has 6 nitrogen and oxygen atoms in total. The SMILES string of the molecule is COc1ccc2[nH]cc(CCN3C(=O)C(O)=C(C(C)=O)C3c3ccc(Cl)cc3)c2c1. The summed E-state index contributed by atoms with van der Waals surface area (Å²) in [6.07, 6.45) is 2.45. The van der Waals surface area contributed by atoms with Crippen LogP contribution in [-0.2, 0) is 16.0 Å². The summed E-state index contributed by atoms with van der Waals surface area (Å²) in [4.78, 5) is 29.8. The zero-order valence-corrected chi connectivity index (χ0v) is 17.4. The predicted molar refractivity (Wildman–Crippen MR) is 115 cm³/mol. The van der Waals surface area contributed by atoms with Gasteiger partial charge in [-0.15, -0.1) is 0 Å². The number of carbonyl (C=O) groups is 2. The molecular weight excluding hydrogens is 404 g/mol. The fraction of sp³-hybridized carbons (Fsp3) is 0.217. The molecule has 1 aliphatic rings. The van der Waals surface area contributed by atoms with Gasteiger partial charge in [0.25, 0.3) is 5.91 Å². The molecule has 4 rings (SSSR count). The van der Waals surface area contributed by atoms with Crippen LogP contribution < -0.4 is 4.74 Å². The summed E-state index contributed by atoms with van der Waals surface area (Å²) in [7, 11) is 1.62. The van der Waals surface area contributed by atoms with Crippen molar-refractivity contribution in [2.24, 2.45) is 0 Å². The average Bonchev–Trinajstić information content (AvgIpc) is 3.25. The van der Waals surface area contributed by atoms with E-state index in [1.165, 1.54) is 11.8 Å². The van der Waals surface area contributed by atoms with Crippen LogP contribution in [0.3, 0.4) is 0 Å². The van der Waals surface area contributed by atoms with Crippen LogP contribution in [0.25, 0.3) is 10.9 Å². The van der Waals surface area contributed by atoms with E-state index in [4.69, 9.17) is 16.3 Å². The molecule has 2 aromatic carbocycles. The van der Waals surface area contributed by atoms with Gasteiger partial charge in [0, 0.05) is 28.7 Å². The van der Waals surface area contributed by atoms with Crippen LogP contribution in [0.4, 0.5) is 0 Å². The molecule has 0 aliphatic carbocycles. The number of methoxy groups -OCH3 is 1. The van der Waals surface area contributed by atoms with E-state index in [1.54, 1.807) is 31.4 Å². The summed E-state index contributed by atoms with van der Waals surface area (Å²) in [5.41, 5.74) is 2.83. The molecule has 2 N–H and O–H groups in total. The minimum absolute atomic E-state index is 0.114. The lowest BCUT2D eigenvalue weighted by Gasteiger charge is -2.26. The summed E-state index contributed by atoms with van der Waals surface area (Å²) in [5, 5.41) is 12.0. The number of aliphatic hydroxyl groups is 1. The summed E-state index contributed by atoms with van der Waals surface area (Å²) in [5.74, 6) is -0.612. The first-order valence-electron chi connectivity index (χ1n) is 9.55. The summed E-state index contributed by atoms with van der Waals surface area (Å²) < 4.78 is 5.31. The minimum atomic E-state index is -0.646. The zero-order chi connectivity index (χ0) is 21.4. The van der Waals surface area contributed by atoms with Crippen LogP contribution in [0.2, 0.25) is 5.02 Å². The standard InChI is InChI=1S/C23H21ClN2O4/c1-13(27)20-21(14-3-5-16(24)6-4-14)26(23(29)22(20)28)10-9-15-12-25-19-8-7-17(30-2)11-18(15)19/h3-8,11-12,21,25,28H,9-10H2,1-2H3. The Morgan fingerprint density at radius 3 is 2.63 bits per heavy atom. The molecule has 0 saturated carbocycles. The Balaban J connectivity index is 1.66. The number of nitrogens with zero attached hydrogens (tertiary/aromatic N) is 1. The highest BCUT2D eigenvalue weighted by Crippen LogP contribution is 2.38. The number of ketones is 1. The number of hydrogen-bond acceptors (Lipinski definition) is 4. The number of Topliss-reactive ketones (excluding diaryl/α,β-unsaturated/α-hetero) is 1. The fourth-order valence-corrected chi connectivity index (χ4v) is 4.09. The third-order valence-electron chi connectivity index (χ3n) is 5.47. The number of H-pyrrole nitrogens is 1. The van der Waals surface area contributed by atoms with Gasteiger partial charge in [-0.1, -0.05) is 23.7 Å². The van der Waals surface area contributed by atoms with E-state index >= 15 is 0 Å². The Labute approximate surface area is 178 Å². The van der Waals surface area contributed by atoms with Gasteiger partial charge in [0.15, 0.2) is 11.5 Å². The number of ether oxygens (including phenoxy) is 1. The Morgan fingerprint density at radius 2 is 1.97 bits per heavy atom. The third kappa shape index (κ3) is 3.44. The van der Waals surface area contributed by atoms with Crippen molar-refractivity contribution in [3.63, 3.8) is 0 Å². The molecule has 0 saturated heterocycles. The Bertz CT molecular complexity index is 1160. The van der Waals surface area contributed by atoms with Crippen LogP contribution in [0.1, 0.15) is 24.1 Å². The first kappa shape index (κ1) is 20.0. The normalized spacial score (nSPS) is 16.6. The van der Waals surface area contributed by atoms with Gasteiger partial charge in [-0.3, -0.25) is 9.59 Å². The lowest BCUT2D eigenvalue weighted by Crippen LogP contribution is -2.32. The number of aromatic amines is 1. The lowest BCUT2D eigenvalue weighted by molar-refractivity contribution is -0.129. The monoisotopic (exact) mass is 424 g/mol. The van der Waals surface area contributed by atoms with Gasteiger partial charge < -0.3 is 19.7 Å². The number of rotatable bonds is 6. The summed E-state index contributed by atoms with van der Waals surface area (Å²) >= 11 is 6.00. The molecule has 0 radical (unpaired) electrons. The Kier molecular flexibility index (Phi) is 5.26. The van der Waals surface area contributed by atoms with Crippen LogP contribution in [0.15, 0.2) is 60.0 Å². The number of benzene rings is 2. The molecule has 1 aliphatic heterocycles. The van der Waals surface area contributed by atoms with Crippen molar-refractivity contribution in [2.45, 2.75) is 19.4 Å². The molecule has 1 atom stereocenters. The van der Waals surface area contributed by atoms with E-state index in [0.717, 1.165) is 27.8 Å². The number of amides is 1. The number of halogens is 1. The molecule has 30 heavy (non-hydrogen) atoms. The van der Waals surface area contributed by atoms with Crippen molar-refractivity contribution < 1.29 is 19.4 Å². The van der Waals surface area contributed by atoms with E-state index in [0.29, 0.717) is 18.0 Å². The van der Waals surface area contributed by atoms with Crippen LogP contribution >= 0.6 is 11.6 Å². The maximum absolute atomic E-state index is 12.8. The third-order valence-corrected chi connectivity index (χ3v) is 5.72. The number of fused-ring (bicyclic) bond motifs is 1. The number of carbonyl (C=O) groups excluding carboxylic acids is 2. The number of aliphatic hydroxyl groups excluding tert-OH is 1. The minimum Gasteiger partial charge on any atom is -0.503 e. The van der Waals surface area contributed by atoms with Gasteiger partial charge in [-0.05, 0) is 54.8 Å². The molecule has 0 bridgehead atoms. The van der Waals surface area contributed by atoms with E-state index in [1.807, 2.05) is 24.4 Å². The molecule has 1 unspecified atom stereocenters. The van der Waals surface area contributed by atoms with Crippen molar-refractivity contribution >= 4 is 34.2 Å². The van der Waals surface area contributed by atoms with Gasteiger partial charge in [-0.2, -0.15) is 0 Å². The fourth-order valence-electron chi connectivity index (χ4n) is 3.97. The number of hydrogen-bond donors (Lipinski definition) is 2. The van der Waals surface area contributed by atoms with E-state index < -0.39 is 17.7 Å². The lowest BCUT2D eigenvalue weighted by atomic mass is 9.96. The first-order valence-corrected chi connectivity index (χ1v) is 9.93. The predicted octanol–water partition coefficient (Wildman–Crippen LogP) is 4.36. The smallest absolute Gasteiger partial charge is 0.290 e. The molecule has 2 heterocycles. The average molecular weight is 425 g/mol. The largest absolute Gasteiger partial charge is 0.503 e. The van der Waals surface area contributed by atoms with Crippen LogP contribution in [-0.4, -0.2) is 40.3 Å². The van der Waals surface area contributed by atoms with E-state index in [-0.39, 0.29) is 11.4 Å². The second-order valence-electron chi connectivity index (χ2n) is 7.25. The maximum atomic E-state index is 12.8. The number of nitrogens with one attached hydrogen (secondary N) is 1. The van der Waals surface area contributed by atoms with Crippen molar-refractivity contribution in [2.75, 3.05) is 13.7 Å². The molecule has 1 amide bonds. The van der Waals surface area contributed by atoms with Crippen molar-refractivity contribution in [3.05, 3.63) is 76.1 Å². The zero-order valence-electron chi connectivity index (χ0n) is 16.6. The van der Waals surface area contributed by atoms with E-state index in [2.05, 4.69) is 4.98 Å². The van der Waals surface area contributed by atoms with Crippen LogP contribution in [0, 0.1) is 0 Å². The Morgan fingerprint density at radius 1 is 1.23 bits per heavy atom. The molecule has 0 fully saturated rings. The highest BCUT2D eigenvalue weighted by molar-refractivity contribution is 6.30. The molecule has 0 spiro atoms. The molecular formula is C23H21ClN2O4. The molecule has 1 aromatic heterocycles. The van der Waals surface area contributed by atoms with Gasteiger partial charge in [0.05, 0.1) is 18.7 Å². The molecule has 154 valence electrons. The Hall–Kier alpha value is -3.25. The van der Waals surface area contributed by atoms with Crippen molar-refractivity contribution in [3.8, 4) is 5.75 Å². The van der Waals surface area contributed by atoms with Gasteiger partial charge >= 0.3 is 0 Å². The van der Waals surface area contributed by atoms with Gasteiger partial charge in [0.2, 0.25) is 0 Å². The highest BCUT2D eigenvalue weighted by atomic mass is 35.5. The quantitative estimate of drug-likeness (QED) is 0.616. The molecule has 7 heteroatoms. The highest BCUT2D eigenvalue weighted by Gasteiger charge is 2.42. The van der Waals surface area contributed by atoms with E-state index in [9.17, 15) is 14.7 Å². The van der Waals surface area contributed by atoms with Crippen molar-refractivity contribution in [1.29, 1.82) is 0 Å².